The van der Waals surface area contributed by atoms with Gasteiger partial charge in [0.25, 0.3) is 0 Å². The number of ether oxygens (including phenoxy) is 1. The van der Waals surface area contributed by atoms with E-state index in [1.54, 1.807) is 7.11 Å². The fourth-order valence-electron chi connectivity index (χ4n) is 3.04. The quantitative estimate of drug-likeness (QED) is 0.814. The fraction of sp³-hybridized carbons (Fsp3) is 0.474. The largest absolute Gasteiger partial charge is 0.497 e. The normalized spacial score (nSPS) is 15.8. The first-order valence-corrected chi connectivity index (χ1v) is 8.35. The third kappa shape index (κ3) is 4.36. The molecule has 23 heavy (non-hydrogen) atoms. The molecule has 0 amide bonds. The Morgan fingerprint density at radius 1 is 1.30 bits per heavy atom. The van der Waals surface area contributed by atoms with Crippen molar-refractivity contribution >= 4 is 0 Å². The van der Waals surface area contributed by atoms with Crippen LogP contribution in [0.4, 0.5) is 0 Å². The Hall–Kier alpha value is -1.78. The topological polar surface area (TPSA) is 37.6 Å². The van der Waals surface area contributed by atoms with E-state index in [2.05, 4.69) is 39.9 Å². The van der Waals surface area contributed by atoms with E-state index in [0.717, 1.165) is 25.4 Å². The van der Waals surface area contributed by atoms with Crippen LogP contribution in [0.1, 0.15) is 31.0 Å². The molecule has 0 unspecified atom stereocenters. The predicted octanol–water partition coefficient (Wildman–Crippen LogP) is 2.89. The summed E-state index contributed by atoms with van der Waals surface area (Å²) < 4.78 is 7.59. The summed E-state index contributed by atoms with van der Waals surface area (Å²) in [5.41, 5.74) is 2.52. The summed E-state index contributed by atoms with van der Waals surface area (Å²) in [5.74, 6) is 0.893. The first-order valence-electron chi connectivity index (χ1n) is 8.35. The van der Waals surface area contributed by atoms with Gasteiger partial charge in [-0.2, -0.15) is 0 Å². The number of benzene rings is 1. The molecule has 2 aromatic rings. The maximum Gasteiger partial charge on any atom is 0.119 e. The average Bonchev–Trinajstić information content (AvgIpc) is 3.30. The zero-order chi connectivity index (χ0) is 16.2. The van der Waals surface area contributed by atoms with Gasteiger partial charge in [-0.15, -0.1) is 0 Å². The first-order chi connectivity index (χ1) is 11.2. The third-order valence-corrected chi connectivity index (χ3v) is 4.34. The second kappa shape index (κ2) is 7.20. The van der Waals surface area contributed by atoms with Crippen LogP contribution in [0.25, 0.3) is 0 Å². The van der Waals surface area contributed by atoms with Crippen molar-refractivity contribution < 1.29 is 9.84 Å². The number of hydrogen-bond acceptors (Lipinski definition) is 3. The van der Waals surface area contributed by atoms with Gasteiger partial charge in [-0.1, -0.05) is 12.1 Å². The molecule has 1 atom stereocenters. The SMILES string of the molecule is COc1cccc(Cn2cccc2CN(C[C@H](C)O)C2CC2)c1. The van der Waals surface area contributed by atoms with E-state index in [9.17, 15) is 5.11 Å². The van der Waals surface area contributed by atoms with E-state index >= 15 is 0 Å². The Morgan fingerprint density at radius 3 is 2.83 bits per heavy atom. The maximum absolute atomic E-state index is 9.73. The number of methoxy groups -OCH3 is 1. The Morgan fingerprint density at radius 2 is 2.13 bits per heavy atom. The lowest BCUT2D eigenvalue weighted by atomic mass is 10.2. The van der Waals surface area contributed by atoms with Crippen LogP contribution in [0, 0.1) is 0 Å². The van der Waals surface area contributed by atoms with Crippen LogP contribution in [0.2, 0.25) is 0 Å². The zero-order valence-corrected chi connectivity index (χ0v) is 14.0. The van der Waals surface area contributed by atoms with E-state index < -0.39 is 0 Å². The number of hydrogen-bond donors (Lipinski definition) is 1. The van der Waals surface area contributed by atoms with Crippen LogP contribution >= 0.6 is 0 Å². The van der Waals surface area contributed by atoms with Crippen LogP contribution in [0.3, 0.4) is 0 Å². The Labute approximate surface area is 138 Å². The van der Waals surface area contributed by atoms with Crippen LogP contribution < -0.4 is 4.74 Å². The summed E-state index contributed by atoms with van der Waals surface area (Å²) >= 11 is 0. The Kier molecular flexibility index (Phi) is 5.03. The lowest BCUT2D eigenvalue weighted by Crippen LogP contribution is -2.33. The highest BCUT2D eigenvalue weighted by Crippen LogP contribution is 2.28. The maximum atomic E-state index is 9.73. The predicted molar refractivity (Wildman–Crippen MR) is 91.6 cm³/mol. The molecular weight excluding hydrogens is 288 g/mol. The summed E-state index contributed by atoms with van der Waals surface area (Å²) in [6, 6.07) is 13.1. The highest BCUT2D eigenvalue weighted by molar-refractivity contribution is 5.29. The first kappa shape index (κ1) is 16.1. The van der Waals surface area contributed by atoms with Crippen molar-refractivity contribution in [3.05, 3.63) is 53.9 Å². The molecule has 124 valence electrons. The zero-order valence-electron chi connectivity index (χ0n) is 14.0. The molecular formula is C19H26N2O2. The van der Waals surface area contributed by atoms with Crippen molar-refractivity contribution in [2.45, 2.75) is 45.0 Å². The molecule has 1 aliphatic carbocycles. The van der Waals surface area contributed by atoms with Gasteiger partial charge < -0.3 is 14.4 Å². The number of nitrogens with zero attached hydrogens (tertiary/aromatic N) is 2. The molecule has 1 heterocycles. The summed E-state index contributed by atoms with van der Waals surface area (Å²) in [6.45, 7) is 4.35. The van der Waals surface area contributed by atoms with E-state index in [1.165, 1.54) is 24.1 Å². The van der Waals surface area contributed by atoms with Crippen molar-refractivity contribution in [1.29, 1.82) is 0 Å². The van der Waals surface area contributed by atoms with E-state index in [-0.39, 0.29) is 6.10 Å². The van der Waals surface area contributed by atoms with E-state index in [1.807, 2.05) is 19.1 Å². The second-order valence-corrected chi connectivity index (χ2v) is 6.49. The van der Waals surface area contributed by atoms with Gasteiger partial charge in [-0.25, -0.2) is 0 Å². The standard InChI is InChI=1S/C19H26N2O2/c1-15(22)12-21(17-8-9-17)14-18-6-4-10-20(18)13-16-5-3-7-19(11-16)23-2/h3-7,10-11,15,17,22H,8-9,12-14H2,1-2H3/t15-/m0/s1. The van der Waals surface area contributed by atoms with Gasteiger partial charge in [0.1, 0.15) is 5.75 Å². The molecule has 4 heteroatoms. The molecule has 1 aromatic heterocycles. The minimum absolute atomic E-state index is 0.280. The Balaban J connectivity index is 1.71. The van der Waals surface area contributed by atoms with Gasteiger partial charge in [-0.3, -0.25) is 4.90 Å². The molecule has 1 fully saturated rings. The third-order valence-electron chi connectivity index (χ3n) is 4.34. The van der Waals surface area contributed by atoms with Gasteiger partial charge in [0.15, 0.2) is 0 Å². The summed E-state index contributed by atoms with van der Waals surface area (Å²) in [6.07, 6.45) is 4.35. The van der Waals surface area contributed by atoms with Gasteiger partial charge in [0.05, 0.1) is 13.2 Å². The van der Waals surface area contributed by atoms with Crippen LogP contribution in [0.5, 0.6) is 5.75 Å². The molecule has 0 saturated heterocycles. The summed E-state index contributed by atoms with van der Waals surface area (Å²) in [7, 11) is 1.70. The van der Waals surface area contributed by atoms with Crippen molar-refractivity contribution in [3.8, 4) is 5.75 Å². The number of aliphatic hydroxyl groups excluding tert-OH is 1. The fourth-order valence-corrected chi connectivity index (χ4v) is 3.04. The number of rotatable bonds is 8. The lowest BCUT2D eigenvalue weighted by molar-refractivity contribution is 0.116. The second-order valence-electron chi connectivity index (χ2n) is 6.49. The minimum Gasteiger partial charge on any atom is -0.497 e. The van der Waals surface area contributed by atoms with Gasteiger partial charge >= 0.3 is 0 Å². The molecule has 4 nitrogen and oxygen atoms in total. The highest BCUT2D eigenvalue weighted by atomic mass is 16.5. The Bertz CT molecular complexity index is 632. The molecule has 1 aromatic carbocycles. The van der Waals surface area contributed by atoms with Crippen molar-refractivity contribution in [1.82, 2.24) is 9.47 Å². The molecule has 0 radical (unpaired) electrons. The molecule has 1 aliphatic rings. The summed E-state index contributed by atoms with van der Waals surface area (Å²) in [5, 5.41) is 9.73. The van der Waals surface area contributed by atoms with Crippen LogP contribution in [-0.2, 0) is 13.1 Å². The van der Waals surface area contributed by atoms with Gasteiger partial charge in [-0.05, 0) is 49.6 Å². The molecule has 0 bridgehead atoms. The van der Waals surface area contributed by atoms with E-state index in [4.69, 9.17) is 4.74 Å². The molecule has 0 spiro atoms. The van der Waals surface area contributed by atoms with Crippen LogP contribution in [-0.4, -0.2) is 40.4 Å². The van der Waals surface area contributed by atoms with Crippen molar-refractivity contribution in [2.75, 3.05) is 13.7 Å². The van der Waals surface area contributed by atoms with Crippen LogP contribution in [0.15, 0.2) is 42.6 Å². The molecule has 3 rings (SSSR count). The minimum atomic E-state index is -0.280. The lowest BCUT2D eigenvalue weighted by Gasteiger charge is -2.24. The smallest absolute Gasteiger partial charge is 0.119 e. The van der Waals surface area contributed by atoms with Crippen molar-refractivity contribution in [3.63, 3.8) is 0 Å². The monoisotopic (exact) mass is 314 g/mol. The van der Waals surface area contributed by atoms with Gasteiger partial charge in [0.2, 0.25) is 0 Å². The number of aliphatic hydroxyl groups is 1. The molecule has 0 aliphatic heterocycles. The highest BCUT2D eigenvalue weighted by Gasteiger charge is 2.30. The summed E-state index contributed by atoms with van der Waals surface area (Å²) in [4.78, 5) is 2.40. The average molecular weight is 314 g/mol. The van der Waals surface area contributed by atoms with Crippen molar-refractivity contribution in [2.24, 2.45) is 0 Å². The van der Waals surface area contributed by atoms with E-state index in [0.29, 0.717) is 6.04 Å². The molecule has 1 saturated carbocycles. The molecule has 1 N–H and O–H groups in total. The number of aromatic nitrogens is 1. The van der Waals surface area contributed by atoms with Gasteiger partial charge in [0, 0.05) is 37.6 Å².